The molecule has 2 rings (SSSR count). The lowest BCUT2D eigenvalue weighted by atomic mass is 9.92. The van der Waals surface area contributed by atoms with E-state index < -0.39 is 0 Å². The third-order valence-electron chi connectivity index (χ3n) is 4.25. The number of rotatable bonds is 7. The highest BCUT2D eigenvalue weighted by Crippen LogP contribution is 2.41. The number of carbonyl (C=O) groups is 1. The Bertz CT molecular complexity index is 749. The summed E-state index contributed by atoms with van der Waals surface area (Å²) in [5.41, 5.74) is 2.29. The van der Waals surface area contributed by atoms with Crippen molar-refractivity contribution >= 4 is 34.7 Å². The van der Waals surface area contributed by atoms with Gasteiger partial charge < -0.3 is 19.7 Å². The van der Waals surface area contributed by atoms with Crippen LogP contribution in [0.2, 0.25) is 5.02 Å². The number of hydrogen-bond donors (Lipinski definition) is 1. The number of hydrogen-bond acceptors (Lipinski definition) is 4. The predicted molar refractivity (Wildman–Crippen MR) is 108 cm³/mol. The molecule has 0 radical (unpaired) electrons. The van der Waals surface area contributed by atoms with E-state index in [1.165, 1.54) is 0 Å². The van der Waals surface area contributed by atoms with E-state index in [4.69, 9.17) is 33.3 Å². The Labute approximate surface area is 165 Å². The van der Waals surface area contributed by atoms with Crippen LogP contribution in [0.25, 0.3) is 0 Å². The quantitative estimate of drug-likeness (QED) is 0.695. The number of nitrogens with one attached hydrogen (secondary N) is 1. The molecule has 5 nitrogen and oxygen atoms in total. The van der Waals surface area contributed by atoms with Crippen molar-refractivity contribution in [1.82, 2.24) is 10.2 Å². The molecule has 0 aliphatic carbocycles. The fourth-order valence-electron chi connectivity index (χ4n) is 2.90. The Kier molecular flexibility index (Phi) is 6.89. The number of benzene rings is 1. The van der Waals surface area contributed by atoms with Crippen LogP contribution in [-0.2, 0) is 4.79 Å². The Hall–Kier alpha value is -1.79. The van der Waals surface area contributed by atoms with Gasteiger partial charge in [0, 0.05) is 18.3 Å². The van der Waals surface area contributed by atoms with Crippen molar-refractivity contribution in [3.63, 3.8) is 0 Å². The average molecular weight is 397 g/mol. The van der Waals surface area contributed by atoms with Gasteiger partial charge in [0.1, 0.15) is 0 Å². The summed E-state index contributed by atoms with van der Waals surface area (Å²) in [7, 11) is 1.84. The van der Waals surface area contributed by atoms with Gasteiger partial charge in [-0.3, -0.25) is 4.79 Å². The van der Waals surface area contributed by atoms with Crippen LogP contribution in [0.4, 0.5) is 0 Å². The summed E-state index contributed by atoms with van der Waals surface area (Å²) in [5.74, 6) is 1.07. The first-order chi connectivity index (χ1) is 12.3. The van der Waals surface area contributed by atoms with E-state index in [1.54, 1.807) is 17.9 Å². The number of nitrogens with zero attached hydrogens (tertiary/aromatic N) is 1. The predicted octanol–water partition coefficient (Wildman–Crippen LogP) is 4.25. The molecule has 1 atom stereocenters. The maximum atomic E-state index is 12.3. The Morgan fingerprint density at radius 3 is 2.62 bits per heavy atom. The third kappa shape index (κ3) is 4.13. The van der Waals surface area contributed by atoms with Crippen LogP contribution < -0.4 is 14.8 Å². The van der Waals surface area contributed by atoms with Crippen LogP contribution in [0.3, 0.4) is 0 Å². The standard InChI is InChI=1S/C19H25ClN2O3S/c1-6-8-25-18-14(20)9-13(10-15(18)24-7-2)17-16(12(4)23)11(3)22(5)19(26)21-17/h9-10,17H,6-8H2,1-5H3,(H,21,26). The molecule has 26 heavy (non-hydrogen) atoms. The second-order valence-corrected chi connectivity index (χ2v) is 6.90. The zero-order valence-corrected chi connectivity index (χ0v) is 17.4. The highest BCUT2D eigenvalue weighted by atomic mass is 35.5. The van der Waals surface area contributed by atoms with Crippen molar-refractivity contribution in [3.05, 3.63) is 34.0 Å². The molecule has 0 amide bonds. The van der Waals surface area contributed by atoms with Crippen LogP contribution >= 0.6 is 23.8 Å². The summed E-state index contributed by atoms with van der Waals surface area (Å²) in [6.07, 6.45) is 0.866. The number of Topliss-reactive ketones (excluding diaryl/α,β-unsaturated/α-hetero) is 1. The van der Waals surface area contributed by atoms with Crippen molar-refractivity contribution in [1.29, 1.82) is 0 Å². The molecule has 0 saturated carbocycles. The molecule has 0 aromatic heterocycles. The molecule has 1 N–H and O–H groups in total. The van der Waals surface area contributed by atoms with Gasteiger partial charge in [-0.25, -0.2) is 0 Å². The minimum atomic E-state index is -0.381. The van der Waals surface area contributed by atoms with Gasteiger partial charge in [-0.15, -0.1) is 0 Å². The molecule has 142 valence electrons. The highest BCUT2D eigenvalue weighted by Gasteiger charge is 2.31. The summed E-state index contributed by atoms with van der Waals surface area (Å²) >= 11 is 11.9. The average Bonchev–Trinajstić information content (AvgIpc) is 2.58. The molecule has 0 saturated heterocycles. The lowest BCUT2D eigenvalue weighted by Gasteiger charge is -2.35. The fraction of sp³-hybridized carbons (Fsp3) is 0.474. The topological polar surface area (TPSA) is 50.8 Å². The van der Waals surface area contributed by atoms with Crippen molar-refractivity contribution in [2.45, 2.75) is 40.2 Å². The SMILES string of the molecule is CCCOc1c(Cl)cc(C2NC(=S)N(C)C(C)=C2C(C)=O)cc1OCC. The Morgan fingerprint density at radius 1 is 1.35 bits per heavy atom. The van der Waals surface area contributed by atoms with Gasteiger partial charge in [0.2, 0.25) is 0 Å². The number of halogens is 1. The van der Waals surface area contributed by atoms with E-state index in [2.05, 4.69) is 5.32 Å². The molecule has 7 heteroatoms. The maximum Gasteiger partial charge on any atom is 0.179 e. The third-order valence-corrected chi connectivity index (χ3v) is 4.92. The van der Waals surface area contributed by atoms with Crippen LogP contribution in [0.15, 0.2) is 23.4 Å². The Balaban J connectivity index is 2.56. The van der Waals surface area contributed by atoms with Crippen LogP contribution in [-0.4, -0.2) is 36.1 Å². The highest BCUT2D eigenvalue weighted by molar-refractivity contribution is 7.80. The molecule has 1 unspecified atom stereocenters. The van der Waals surface area contributed by atoms with E-state index in [0.717, 1.165) is 17.7 Å². The zero-order valence-electron chi connectivity index (χ0n) is 15.8. The van der Waals surface area contributed by atoms with Crippen molar-refractivity contribution in [3.8, 4) is 11.5 Å². The number of carbonyl (C=O) groups excluding carboxylic acids is 1. The van der Waals surface area contributed by atoms with Gasteiger partial charge in [-0.05, 0) is 57.1 Å². The number of ketones is 1. The molecule has 0 bridgehead atoms. The van der Waals surface area contributed by atoms with E-state index in [0.29, 0.717) is 40.4 Å². The first kappa shape index (κ1) is 20.5. The Morgan fingerprint density at radius 2 is 2.04 bits per heavy atom. The molecule has 1 aromatic carbocycles. The van der Waals surface area contributed by atoms with Crippen molar-refractivity contribution in [2.24, 2.45) is 0 Å². The smallest absolute Gasteiger partial charge is 0.179 e. The van der Waals surface area contributed by atoms with Crippen LogP contribution in [0.5, 0.6) is 11.5 Å². The largest absolute Gasteiger partial charge is 0.490 e. The lowest BCUT2D eigenvalue weighted by Crippen LogP contribution is -2.45. The molecule has 1 heterocycles. The second kappa shape index (κ2) is 8.73. The normalized spacial score (nSPS) is 17.2. The van der Waals surface area contributed by atoms with E-state index >= 15 is 0 Å². The van der Waals surface area contributed by atoms with Crippen molar-refractivity contribution in [2.75, 3.05) is 20.3 Å². The van der Waals surface area contributed by atoms with Gasteiger partial charge in [-0.1, -0.05) is 18.5 Å². The van der Waals surface area contributed by atoms with E-state index in [9.17, 15) is 4.79 Å². The maximum absolute atomic E-state index is 12.3. The number of allylic oxidation sites excluding steroid dienone is 1. The van der Waals surface area contributed by atoms with E-state index in [-0.39, 0.29) is 11.8 Å². The lowest BCUT2D eigenvalue weighted by molar-refractivity contribution is -0.114. The number of thiocarbonyl (C=S) groups is 1. The molecular formula is C19H25ClN2O3S. The summed E-state index contributed by atoms with van der Waals surface area (Å²) < 4.78 is 11.5. The van der Waals surface area contributed by atoms with Gasteiger partial charge in [0.05, 0.1) is 24.3 Å². The second-order valence-electron chi connectivity index (χ2n) is 6.11. The summed E-state index contributed by atoms with van der Waals surface area (Å²) in [4.78, 5) is 14.1. The molecule has 1 aliphatic heterocycles. The molecule has 1 aliphatic rings. The first-order valence-electron chi connectivity index (χ1n) is 8.66. The summed E-state index contributed by atoms with van der Waals surface area (Å²) in [6, 6.07) is 3.28. The first-order valence-corrected chi connectivity index (χ1v) is 9.45. The number of ether oxygens (including phenoxy) is 2. The van der Waals surface area contributed by atoms with E-state index in [1.807, 2.05) is 33.9 Å². The van der Waals surface area contributed by atoms with Crippen LogP contribution in [0, 0.1) is 0 Å². The van der Waals surface area contributed by atoms with Crippen molar-refractivity contribution < 1.29 is 14.3 Å². The monoisotopic (exact) mass is 396 g/mol. The fourth-order valence-corrected chi connectivity index (χ4v) is 3.43. The van der Waals surface area contributed by atoms with Gasteiger partial charge in [0.15, 0.2) is 22.4 Å². The van der Waals surface area contributed by atoms with Gasteiger partial charge >= 0.3 is 0 Å². The molecule has 0 fully saturated rings. The molecule has 0 spiro atoms. The summed E-state index contributed by atoms with van der Waals surface area (Å²) in [5, 5.41) is 4.23. The minimum Gasteiger partial charge on any atom is -0.490 e. The van der Waals surface area contributed by atoms with Gasteiger partial charge in [0.25, 0.3) is 0 Å². The summed E-state index contributed by atoms with van der Waals surface area (Å²) in [6.45, 7) is 8.40. The van der Waals surface area contributed by atoms with Gasteiger partial charge in [-0.2, -0.15) is 0 Å². The van der Waals surface area contributed by atoms with Crippen LogP contribution in [0.1, 0.15) is 45.7 Å². The minimum absolute atomic E-state index is 0.0188. The molecular weight excluding hydrogens is 372 g/mol. The molecule has 1 aromatic rings. The zero-order chi connectivity index (χ0) is 19.4.